The van der Waals surface area contributed by atoms with E-state index in [0.717, 1.165) is 101 Å². The highest BCUT2D eigenvalue weighted by Crippen LogP contribution is 2.61. The summed E-state index contributed by atoms with van der Waals surface area (Å²) < 4.78 is 158. The molecule has 0 radical (unpaired) electrons. The Morgan fingerprint density at radius 3 is 0.865 bits per heavy atom. The molecule has 111 heavy (non-hydrogen) atoms. The summed E-state index contributed by atoms with van der Waals surface area (Å²) in [5.74, 6) is 0. The standard InChI is InChI=1S/C89H113O19P3/c1-3-5-7-9-11-13-15-17-43-61-93-71-83(96-62-44-18-16-14-12-10-8-6-4-2)72-105-111(92,104-70-82-59-41-26-42-60-82)106-87-85(98-73-94-63-75-45-27-19-28-46-75)84(97-65-77-49-31-21-32-50-77)88(107-109(90,100-66-78-51-33-22-34-52-78)101-67-79-53-35-23-36-54-79)89(86(87)99-74-95-64-76-47-29-20-30-48-76)108-110(91,102-68-80-55-37-24-38-56-80)103-69-81-57-39-25-40-58-81/h3-4,19-42,45-60,83-89H,1-2,5-18,43-44,61-74H2/t83-,84+,85-,86+,87-,88-,89-,111?/m1/s1. The molecule has 8 aromatic carbocycles. The maximum absolute atomic E-state index is 16.9. The van der Waals surface area contributed by atoms with Gasteiger partial charge in [0.25, 0.3) is 0 Å². The lowest BCUT2D eigenvalue weighted by molar-refractivity contribution is -0.276. The van der Waals surface area contributed by atoms with Crippen molar-refractivity contribution in [1.29, 1.82) is 0 Å². The van der Waals surface area contributed by atoms with Crippen LogP contribution < -0.4 is 0 Å². The molecular formula is C89H113O19P3. The van der Waals surface area contributed by atoms with Gasteiger partial charge in [0.2, 0.25) is 0 Å². The van der Waals surface area contributed by atoms with Gasteiger partial charge in [-0.2, -0.15) is 0 Å². The summed E-state index contributed by atoms with van der Waals surface area (Å²) >= 11 is 0. The monoisotopic (exact) mass is 1580 g/mol. The van der Waals surface area contributed by atoms with Gasteiger partial charge in [0.15, 0.2) is 0 Å². The van der Waals surface area contributed by atoms with Gasteiger partial charge in [0.05, 0.1) is 66.1 Å². The second kappa shape index (κ2) is 51.9. The summed E-state index contributed by atoms with van der Waals surface area (Å²) in [6.45, 7) is 5.74. The molecule has 1 unspecified atom stereocenters. The maximum Gasteiger partial charge on any atom is 0.475 e. The second-order valence-corrected chi connectivity index (χ2v) is 32.1. The summed E-state index contributed by atoms with van der Waals surface area (Å²) in [4.78, 5) is 0. The van der Waals surface area contributed by atoms with Gasteiger partial charge in [0.1, 0.15) is 56.3 Å². The van der Waals surface area contributed by atoms with E-state index in [1.54, 1.807) is 48.5 Å². The minimum atomic E-state index is -5.10. The number of unbranched alkanes of at least 4 members (excludes halogenated alkanes) is 14. The van der Waals surface area contributed by atoms with Crippen molar-refractivity contribution in [2.75, 3.05) is 40.0 Å². The lowest BCUT2D eigenvalue weighted by Gasteiger charge is -2.49. The van der Waals surface area contributed by atoms with Gasteiger partial charge in [-0.15, -0.1) is 13.2 Å². The fraction of sp³-hybridized carbons (Fsp3) is 0.416. The number of rotatable bonds is 60. The van der Waals surface area contributed by atoms with E-state index in [0.29, 0.717) is 46.6 Å². The first-order valence-electron chi connectivity index (χ1n) is 39.0. The van der Waals surface area contributed by atoms with Crippen molar-refractivity contribution in [3.05, 3.63) is 312 Å². The molecule has 0 N–H and O–H groups in total. The first-order chi connectivity index (χ1) is 54.6. The van der Waals surface area contributed by atoms with Gasteiger partial charge in [-0.25, -0.2) is 13.7 Å². The van der Waals surface area contributed by atoms with Gasteiger partial charge in [-0.3, -0.25) is 40.7 Å². The van der Waals surface area contributed by atoms with E-state index in [1.807, 2.05) is 206 Å². The number of phosphoric acid groups is 3. The van der Waals surface area contributed by atoms with Crippen LogP contribution in [0.25, 0.3) is 0 Å². The van der Waals surface area contributed by atoms with E-state index in [9.17, 15) is 0 Å². The topological polar surface area (TPSA) is 199 Å². The molecule has 8 atom stereocenters. The van der Waals surface area contributed by atoms with Crippen molar-refractivity contribution in [2.45, 2.75) is 198 Å². The van der Waals surface area contributed by atoms with E-state index in [1.165, 1.54) is 12.8 Å². The Labute approximate surface area is 658 Å². The number of phosphoric ester groups is 3. The Morgan fingerprint density at radius 2 is 0.532 bits per heavy atom. The van der Waals surface area contributed by atoms with Crippen molar-refractivity contribution in [1.82, 2.24) is 0 Å². The third kappa shape index (κ3) is 34.1. The number of ether oxygens (including phenoxy) is 7. The lowest BCUT2D eigenvalue weighted by atomic mass is 9.84. The number of allylic oxidation sites excluding steroid dienone is 2. The largest absolute Gasteiger partial charge is 0.475 e. The third-order valence-electron chi connectivity index (χ3n) is 18.4. The SMILES string of the molecule is C=CCCCCCCCCCOC[C@H](COP(=O)(OCc1ccccc1)O[C@@H]1[C@H](OCOCc2ccccc2)[C@H](OCc2ccccc2)[C@@H](OP(=O)(OCc2ccccc2)OCc2ccccc2)[C@H](OP(=O)(OCc2ccccc2)OCc2ccccc2)[C@H]1OCOCc1ccccc1)OCCCCCCCCCC=C. The van der Waals surface area contributed by atoms with Crippen LogP contribution in [-0.4, -0.2) is 82.7 Å². The summed E-state index contributed by atoms with van der Waals surface area (Å²) in [7, 11) is -15.2. The summed E-state index contributed by atoms with van der Waals surface area (Å²) in [5.41, 5.74) is 5.38. The van der Waals surface area contributed by atoms with E-state index in [2.05, 4.69) is 13.2 Å². The van der Waals surface area contributed by atoms with Crippen molar-refractivity contribution < 1.29 is 87.6 Å². The highest BCUT2D eigenvalue weighted by Gasteiger charge is 2.61. The maximum atomic E-state index is 16.9. The van der Waals surface area contributed by atoms with Crippen LogP contribution in [0.15, 0.2) is 268 Å². The van der Waals surface area contributed by atoms with Crippen molar-refractivity contribution in [3.63, 3.8) is 0 Å². The molecule has 19 nitrogen and oxygen atoms in total. The Kier molecular flexibility index (Phi) is 41.3. The van der Waals surface area contributed by atoms with Gasteiger partial charge in [0, 0.05) is 13.2 Å². The highest BCUT2D eigenvalue weighted by molar-refractivity contribution is 7.49. The number of hydrogen-bond donors (Lipinski definition) is 0. The van der Waals surface area contributed by atoms with E-state index in [-0.39, 0.29) is 66.1 Å². The molecule has 1 fully saturated rings. The lowest BCUT2D eigenvalue weighted by Crippen LogP contribution is -2.67. The fourth-order valence-electron chi connectivity index (χ4n) is 12.4. The zero-order valence-electron chi connectivity index (χ0n) is 64.0. The third-order valence-corrected chi connectivity index (χ3v) is 22.6. The molecule has 1 aliphatic carbocycles. The predicted octanol–water partition coefficient (Wildman–Crippen LogP) is 22.3. The van der Waals surface area contributed by atoms with E-state index < -0.39 is 79.8 Å². The van der Waals surface area contributed by atoms with Crippen LogP contribution >= 0.6 is 23.5 Å². The van der Waals surface area contributed by atoms with Crippen LogP contribution in [0.5, 0.6) is 0 Å². The average molecular weight is 1580 g/mol. The molecule has 8 aromatic rings. The molecule has 0 heterocycles. The highest BCUT2D eigenvalue weighted by atomic mass is 31.2. The first kappa shape index (κ1) is 88.2. The predicted molar refractivity (Wildman–Crippen MR) is 431 cm³/mol. The van der Waals surface area contributed by atoms with Gasteiger partial charge in [-0.05, 0) is 83.0 Å². The molecule has 1 saturated carbocycles. The number of benzene rings is 8. The normalized spacial score (nSPS) is 17.4. The number of hydrogen-bond acceptors (Lipinski definition) is 19. The Hall–Kier alpha value is -6.71. The van der Waals surface area contributed by atoms with Crippen LogP contribution in [0.2, 0.25) is 0 Å². The first-order valence-corrected chi connectivity index (χ1v) is 43.4. The average Bonchev–Trinajstić information content (AvgIpc) is 0.746. The molecule has 0 aromatic heterocycles. The fourth-order valence-corrected chi connectivity index (χ4v) is 16.4. The molecule has 598 valence electrons. The molecule has 1 aliphatic rings. The van der Waals surface area contributed by atoms with Gasteiger partial charge < -0.3 is 33.2 Å². The molecule has 0 aliphatic heterocycles. The van der Waals surface area contributed by atoms with E-state index in [4.69, 9.17) is 73.9 Å². The summed E-state index contributed by atoms with van der Waals surface area (Å²) in [6.07, 6.45) is 9.44. The Morgan fingerprint density at radius 1 is 0.270 bits per heavy atom. The quantitative estimate of drug-likeness (QED) is 0.0151. The van der Waals surface area contributed by atoms with Crippen LogP contribution in [0.3, 0.4) is 0 Å². The van der Waals surface area contributed by atoms with E-state index >= 15 is 13.7 Å². The molecule has 0 saturated heterocycles. The van der Waals surface area contributed by atoms with Crippen molar-refractivity contribution in [2.24, 2.45) is 0 Å². The van der Waals surface area contributed by atoms with Crippen LogP contribution in [0.4, 0.5) is 0 Å². The smallest absolute Gasteiger partial charge is 0.379 e. The Balaban J connectivity index is 1.18. The second-order valence-electron chi connectivity index (χ2n) is 27.2. The molecule has 22 heteroatoms. The van der Waals surface area contributed by atoms with Crippen molar-refractivity contribution >= 4 is 23.5 Å². The van der Waals surface area contributed by atoms with Crippen molar-refractivity contribution in [3.8, 4) is 0 Å². The Bertz CT molecular complexity index is 3790. The van der Waals surface area contributed by atoms with Crippen LogP contribution in [0.1, 0.15) is 147 Å². The molecular weight excluding hydrogens is 1470 g/mol. The zero-order chi connectivity index (χ0) is 77.4. The molecule has 0 spiro atoms. The molecule has 0 bridgehead atoms. The van der Waals surface area contributed by atoms with Crippen LogP contribution in [-0.2, 0) is 140 Å². The van der Waals surface area contributed by atoms with Gasteiger partial charge >= 0.3 is 23.5 Å². The van der Waals surface area contributed by atoms with Crippen LogP contribution in [0, 0.1) is 0 Å². The molecule has 9 rings (SSSR count). The van der Waals surface area contributed by atoms with Gasteiger partial charge in [-0.1, -0.05) is 319 Å². The minimum absolute atomic E-state index is 0.0348. The summed E-state index contributed by atoms with van der Waals surface area (Å²) in [6, 6.07) is 73.8. The summed E-state index contributed by atoms with van der Waals surface area (Å²) in [5, 5.41) is 0. The molecule has 0 amide bonds. The minimum Gasteiger partial charge on any atom is -0.379 e. The zero-order valence-corrected chi connectivity index (χ0v) is 66.7.